The molecule has 0 radical (unpaired) electrons. The van der Waals surface area contributed by atoms with Gasteiger partial charge >= 0.3 is 5.97 Å². The van der Waals surface area contributed by atoms with Crippen molar-refractivity contribution in [3.63, 3.8) is 0 Å². The van der Waals surface area contributed by atoms with E-state index in [2.05, 4.69) is 28.6 Å². The standard InChI is InChI=1S/C14H23N3O2/c1-11(2)10-17(9-8-16(3)4)13-7-5-6-12(15-13)14(18)19/h5-7,11H,8-10H2,1-4H3,(H,18,19). The summed E-state index contributed by atoms with van der Waals surface area (Å²) in [6.07, 6.45) is 0. The Labute approximate surface area is 114 Å². The molecule has 0 spiro atoms. The first-order valence-corrected chi connectivity index (χ1v) is 6.50. The molecule has 0 unspecified atom stereocenters. The number of aromatic carboxylic acids is 1. The van der Waals surface area contributed by atoms with Crippen LogP contribution in [0.15, 0.2) is 18.2 Å². The Kier molecular flexibility index (Phi) is 5.76. The fourth-order valence-corrected chi connectivity index (χ4v) is 1.78. The number of anilines is 1. The molecule has 5 nitrogen and oxygen atoms in total. The number of hydrogen-bond donors (Lipinski definition) is 1. The van der Waals surface area contributed by atoms with Gasteiger partial charge in [-0.2, -0.15) is 0 Å². The number of nitrogens with zero attached hydrogens (tertiary/aromatic N) is 3. The molecule has 1 N–H and O–H groups in total. The number of pyridine rings is 1. The van der Waals surface area contributed by atoms with Crippen molar-refractivity contribution in [2.24, 2.45) is 5.92 Å². The average Bonchev–Trinajstić information content (AvgIpc) is 2.34. The van der Waals surface area contributed by atoms with Crippen LogP contribution in [0.1, 0.15) is 24.3 Å². The fraction of sp³-hybridized carbons (Fsp3) is 0.571. The minimum atomic E-state index is -0.987. The van der Waals surface area contributed by atoms with Crippen LogP contribution in [0.3, 0.4) is 0 Å². The highest BCUT2D eigenvalue weighted by Crippen LogP contribution is 2.13. The molecule has 0 bridgehead atoms. The summed E-state index contributed by atoms with van der Waals surface area (Å²) in [6, 6.07) is 5.13. The van der Waals surface area contributed by atoms with E-state index in [1.165, 1.54) is 6.07 Å². The summed E-state index contributed by atoms with van der Waals surface area (Å²) in [7, 11) is 4.04. The van der Waals surface area contributed by atoms with Crippen LogP contribution < -0.4 is 4.90 Å². The Hall–Kier alpha value is -1.62. The second-order valence-electron chi connectivity index (χ2n) is 5.33. The molecule has 106 valence electrons. The second-order valence-corrected chi connectivity index (χ2v) is 5.33. The molecule has 1 aromatic rings. The lowest BCUT2D eigenvalue weighted by Gasteiger charge is -2.27. The molecule has 0 saturated carbocycles. The third-order valence-electron chi connectivity index (χ3n) is 2.68. The SMILES string of the molecule is CC(C)CN(CCN(C)C)c1cccc(C(=O)O)n1. The lowest BCUT2D eigenvalue weighted by Crippen LogP contribution is -2.35. The molecule has 1 aromatic heterocycles. The van der Waals surface area contributed by atoms with E-state index in [-0.39, 0.29) is 5.69 Å². The van der Waals surface area contributed by atoms with Gasteiger partial charge in [-0.25, -0.2) is 9.78 Å². The highest BCUT2D eigenvalue weighted by Gasteiger charge is 2.12. The van der Waals surface area contributed by atoms with Crippen molar-refractivity contribution in [1.29, 1.82) is 0 Å². The van der Waals surface area contributed by atoms with Gasteiger partial charge < -0.3 is 14.9 Å². The molecule has 0 aliphatic rings. The van der Waals surface area contributed by atoms with Crippen molar-refractivity contribution in [1.82, 2.24) is 9.88 Å². The first kappa shape index (κ1) is 15.4. The molecule has 0 fully saturated rings. The van der Waals surface area contributed by atoms with E-state index in [0.717, 1.165) is 25.5 Å². The summed E-state index contributed by atoms with van der Waals surface area (Å²) in [6.45, 7) is 6.89. The van der Waals surface area contributed by atoms with Crippen LogP contribution in [0, 0.1) is 5.92 Å². The van der Waals surface area contributed by atoms with Crippen molar-refractivity contribution < 1.29 is 9.90 Å². The maximum Gasteiger partial charge on any atom is 0.354 e. The summed E-state index contributed by atoms with van der Waals surface area (Å²) < 4.78 is 0. The molecule has 0 aliphatic carbocycles. The fourth-order valence-electron chi connectivity index (χ4n) is 1.78. The van der Waals surface area contributed by atoms with Gasteiger partial charge in [0.15, 0.2) is 5.69 Å². The summed E-state index contributed by atoms with van der Waals surface area (Å²) in [4.78, 5) is 19.4. The van der Waals surface area contributed by atoms with Crippen LogP contribution in [0.25, 0.3) is 0 Å². The second kappa shape index (κ2) is 7.09. The monoisotopic (exact) mass is 265 g/mol. The Morgan fingerprint density at radius 1 is 1.32 bits per heavy atom. The predicted molar refractivity (Wildman–Crippen MR) is 76.8 cm³/mol. The van der Waals surface area contributed by atoms with Gasteiger partial charge in [0.2, 0.25) is 0 Å². The topological polar surface area (TPSA) is 56.7 Å². The van der Waals surface area contributed by atoms with Crippen molar-refractivity contribution in [3.05, 3.63) is 23.9 Å². The normalized spacial score (nSPS) is 11.1. The Bertz CT molecular complexity index is 419. The molecular weight excluding hydrogens is 242 g/mol. The van der Waals surface area contributed by atoms with Crippen LogP contribution in [0.2, 0.25) is 0 Å². The van der Waals surface area contributed by atoms with Crippen molar-refractivity contribution in [2.45, 2.75) is 13.8 Å². The van der Waals surface area contributed by atoms with Gasteiger partial charge in [0, 0.05) is 19.6 Å². The van der Waals surface area contributed by atoms with Gasteiger partial charge in [-0.1, -0.05) is 19.9 Å². The number of hydrogen-bond acceptors (Lipinski definition) is 4. The third-order valence-corrected chi connectivity index (χ3v) is 2.68. The largest absolute Gasteiger partial charge is 0.477 e. The average molecular weight is 265 g/mol. The quantitative estimate of drug-likeness (QED) is 0.814. The van der Waals surface area contributed by atoms with E-state index in [1.54, 1.807) is 6.07 Å². The molecule has 1 rings (SSSR count). The molecule has 0 saturated heterocycles. The number of rotatable bonds is 7. The van der Waals surface area contributed by atoms with Crippen LogP contribution in [-0.2, 0) is 0 Å². The van der Waals surface area contributed by atoms with Gasteiger partial charge in [0.05, 0.1) is 0 Å². The molecule has 5 heteroatoms. The minimum Gasteiger partial charge on any atom is -0.477 e. The van der Waals surface area contributed by atoms with Gasteiger partial charge in [-0.05, 0) is 32.1 Å². The van der Waals surface area contributed by atoms with E-state index >= 15 is 0 Å². The molecule has 19 heavy (non-hydrogen) atoms. The summed E-state index contributed by atoms with van der Waals surface area (Å²) >= 11 is 0. The predicted octanol–water partition coefficient (Wildman–Crippen LogP) is 1.80. The van der Waals surface area contributed by atoms with Crippen molar-refractivity contribution in [3.8, 4) is 0 Å². The van der Waals surface area contributed by atoms with E-state index in [9.17, 15) is 4.79 Å². The highest BCUT2D eigenvalue weighted by molar-refractivity contribution is 5.85. The highest BCUT2D eigenvalue weighted by atomic mass is 16.4. The van der Waals surface area contributed by atoms with Crippen LogP contribution >= 0.6 is 0 Å². The van der Waals surface area contributed by atoms with E-state index in [1.807, 2.05) is 20.2 Å². The van der Waals surface area contributed by atoms with Gasteiger partial charge in [0.25, 0.3) is 0 Å². The van der Waals surface area contributed by atoms with Gasteiger partial charge in [-0.3, -0.25) is 0 Å². The number of likely N-dealkylation sites (N-methyl/N-ethyl adjacent to an activating group) is 1. The molecule has 0 atom stereocenters. The zero-order valence-electron chi connectivity index (χ0n) is 12.1. The maximum atomic E-state index is 11.0. The van der Waals surface area contributed by atoms with Crippen LogP contribution in [0.5, 0.6) is 0 Å². The zero-order chi connectivity index (χ0) is 14.4. The van der Waals surface area contributed by atoms with E-state index in [0.29, 0.717) is 5.92 Å². The maximum absolute atomic E-state index is 11.0. The Balaban J connectivity index is 2.89. The Morgan fingerprint density at radius 3 is 2.53 bits per heavy atom. The summed E-state index contributed by atoms with van der Waals surface area (Å²) in [5.74, 6) is 0.242. The Morgan fingerprint density at radius 2 is 2.00 bits per heavy atom. The van der Waals surface area contributed by atoms with Gasteiger partial charge in [-0.15, -0.1) is 0 Å². The molecule has 0 amide bonds. The molecule has 0 aromatic carbocycles. The van der Waals surface area contributed by atoms with Crippen LogP contribution in [0.4, 0.5) is 5.82 Å². The number of aromatic nitrogens is 1. The lowest BCUT2D eigenvalue weighted by molar-refractivity contribution is 0.0690. The van der Waals surface area contributed by atoms with Gasteiger partial charge in [0.1, 0.15) is 5.82 Å². The summed E-state index contributed by atoms with van der Waals surface area (Å²) in [5.41, 5.74) is 0.0936. The van der Waals surface area contributed by atoms with Crippen molar-refractivity contribution >= 4 is 11.8 Å². The number of carbonyl (C=O) groups is 1. The molecule has 1 heterocycles. The smallest absolute Gasteiger partial charge is 0.354 e. The lowest BCUT2D eigenvalue weighted by atomic mass is 10.2. The van der Waals surface area contributed by atoms with Crippen LogP contribution in [-0.4, -0.2) is 54.7 Å². The summed E-state index contributed by atoms with van der Waals surface area (Å²) in [5, 5.41) is 9.00. The van der Waals surface area contributed by atoms with E-state index in [4.69, 9.17) is 5.11 Å². The minimum absolute atomic E-state index is 0.0936. The third kappa shape index (κ3) is 5.26. The zero-order valence-corrected chi connectivity index (χ0v) is 12.1. The molecule has 0 aliphatic heterocycles. The first-order chi connectivity index (χ1) is 8.90. The first-order valence-electron chi connectivity index (χ1n) is 6.50. The number of carboxylic acid groups (broad SMARTS) is 1. The molecular formula is C14H23N3O2. The number of carboxylic acids is 1. The van der Waals surface area contributed by atoms with E-state index < -0.39 is 5.97 Å². The van der Waals surface area contributed by atoms with Crippen molar-refractivity contribution in [2.75, 3.05) is 38.6 Å².